The molecular formula is C32H28O8. The maximum absolute atomic E-state index is 13.6. The van der Waals surface area contributed by atoms with Crippen molar-refractivity contribution >= 4 is 35.4 Å². The van der Waals surface area contributed by atoms with Crippen LogP contribution in [0, 0.1) is 0 Å². The lowest BCUT2D eigenvalue weighted by atomic mass is 9.96. The fourth-order valence-corrected chi connectivity index (χ4v) is 4.01. The van der Waals surface area contributed by atoms with Crippen LogP contribution in [0.2, 0.25) is 0 Å². The van der Waals surface area contributed by atoms with Crippen molar-refractivity contribution < 1.29 is 38.4 Å². The molecule has 1 N–H and O–H groups in total. The third kappa shape index (κ3) is 6.30. The molecule has 0 unspecified atom stereocenters. The number of benzene rings is 3. The Balaban J connectivity index is 1.73. The first-order chi connectivity index (χ1) is 19.0. The van der Waals surface area contributed by atoms with Gasteiger partial charge in [-0.2, -0.15) is 0 Å². The van der Waals surface area contributed by atoms with E-state index in [2.05, 4.69) is 6.58 Å². The monoisotopic (exact) mass is 540 g/mol. The summed E-state index contributed by atoms with van der Waals surface area (Å²) in [6.45, 7) is 8.69. The van der Waals surface area contributed by atoms with E-state index in [9.17, 15) is 14.4 Å². The summed E-state index contributed by atoms with van der Waals surface area (Å²) in [6, 6.07) is 14.7. The summed E-state index contributed by atoms with van der Waals surface area (Å²) in [4.78, 5) is 36.0. The summed E-state index contributed by atoms with van der Waals surface area (Å²) >= 11 is 0. The lowest BCUT2D eigenvalue weighted by molar-refractivity contribution is -0.132. The third-order valence-electron chi connectivity index (χ3n) is 5.99. The number of esters is 1. The molecule has 40 heavy (non-hydrogen) atoms. The van der Waals surface area contributed by atoms with Crippen LogP contribution in [0.5, 0.6) is 28.7 Å². The van der Waals surface area contributed by atoms with E-state index in [4.69, 9.17) is 24.1 Å². The number of ketones is 1. The first kappa shape index (κ1) is 27.9. The number of allylic oxidation sites excluding steroid dienone is 1. The zero-order valence-electron chi connectivity index (χ0n) is 22.5. The van der Waals surface area contributed by atoms with Crippen LogP contribution in [-0.4, -0.2) is 35.5 Å². The lowest BCUT2D eigenvalue weighted by Crippen LogP contribution is -2.27. The number of rotatable bonds is 9. The molecule has 0 atom stereocenters. The molecule has 8 nitrogen and oxygen atoms in total. The molecule has 1 aliphatic heterocycles. The number of methoxy groups -OCH3 is 1. The minimum Gasteiger partial charge on any atom is -0.496 e. The molecule has 0 saturated carbocycles. The van der Waals surface area contributed by atoms with Crippen molar-refractivity contribution in [1.29, 1.82) is 0 Å². The molecule has 0 saturated heterocycles. The highest BCUT2D eigenvalue weighted by Gasteiger charge is 2.30. The Morgan fingerprint density at radius 1 is 1.00 bits per heavy atom. The second kappa shape index (κ2) is 11.3. The van der Waals surface area contributed by atoms with Gasteiger partial charge in [0.25, 0.3) is 0 Å². The standard InChI is InChI=1S/C32H28O8/c1-19(31(35)36)22-9-6-21(7-10-22)8-15-26(34)29-28(37-5)18-27-25(16-17-32(3,4)40-27)30(29)39-24-13-11-23(12-14-24)38-20(2)33/h6-18H,1H2,2-5H3,(H,35,36)/b15-8+. The van der Waals surface area contributed by atoms with E-state index in [1.54, 1.807) is 60.7 Å². The van der Waals surface area contributed by atoms with Crippen LogP contribution < -0.4 is 18.9 Å². The number of carboxylic acid groups (broad SMARTS) is 1. The third-order valence-corrected chi connectivity index (χ3v) is 5.99. The van der Waals surface area contributed by atoms with Gasteiger partial charge in [0.1, 0.15) is 34.2 Å². The van der Waals surface area contributed by atoms with Crippen molar-refractivity contribution in [2.45, 2.75) is 26.4 Å². The highest BCUT2D eigenvalue weighted by Crippen LogP contribution is 2.46. The van der Waals surface area contributed by atoms with Gasteiger partial charge in [0, 0.05) is 13.0 Å². The molecule has 3 aromatic rings. The number of carbonyl (C=O) groups excluding carboxylic acids is 2. The maximum atomic E-state index is 13.6. The molecule has 4 rings (SSSR count). The van der Waals surface area contributed by atoms with Crippen molar-refractivity contribution in [1.82, 2.24) is 0 Å². The predicted molar refractivity (Wildman–Crippen MR) is 151 cm³/mol. The van der Waals surface area contributed by atoms with Gasteiger partial charge in [-0.25, -0.2) is 4.79 Å². The SMILES string of the molecule is C=C(C(=O)O)c1ccc(/C=C/C(=O)c2c(OC)cc3c(c2Oc2ccc(OC(C)=O)cc2)C=CC(C)(C)O3)cc1. The molecule has 0 aromatic heterocycles. The quantitative estimate of drug-likeness (QED) is 0.140. The van der Waals surface area contributed by atoms with E-state index in [1.165, 1.54) is 20.1 Å². The molecule has 0 amide bonds. The summed E-state index contributed by atoms with van der Waals surface area (Å²) in [6.07, 6.45) is 6.71. The minimum absolute atomic E-state index is 0.0217. The Bertz CT molecular complexity index is 1540. The number of ether oxygens (including phenoxy) is 4. The fraction of sp³-hybridized carbons (Fsp3) is 0.156. The van der Waals surface area contributed by atoms with Crippen LogP contribution in [0.1, 0.15) is 47.8 Å². The maximum Gasteiger partial charge on any atom is 0.335 e. The van der Waals surface area contributed by atoms with Gasteiger partial charge in [0.15, 0.2) is 11.5 Å². The summed E-state index contributed by atoms with van der Waals surface area (Å²) in [5.74, 6) is -0.182. The van der Waals surface area contributed by atoms with Crippen molar-refractivity contribution in [3.8, 4) is 28.7 Å². The van der Waals surface area contributed by atoms with E-state index in [1.807, 2.05) is 26.0 Å². The number of carboxylic acids is 1. The fourth-order valence-electron chi connectivity index (χ4n) is 4.01. The van der Waals surface area contributed by atoms with Crippen molar-refractivity contribution in [2.75, 3.05) is 7.11 Å². The van der Waals surface area contributed by atoms with Crippen LogP contribution in [0.25, 0.3) is 17.7 Å². The van der Waals surface area contributed by atoms with Gasteiger partial charge >= 0.3 is 11.9 Å². The zero-order valence-corrected chi connectivity index (χ0v) is 22.5. The van der Waals surface area contributed by atoms with Crippen LogP contribution >= 0.6 is 0 Å². The number of hydrogen-bond acceptors (Lipinski definition) is 7. The Kier molecular flexibility index (Phi) is 7.90. The van der Waals surface area contributed by atoms with Gasteiger partial charge in [-0.3, -0.25) is 9.59 Å². The molecule has 204 valence electrons. The molecule has 0 aliphatic carbocycles. The van der Waals surface area contributed by atoms with Gasteiger partial charge in [-0.05, 0) is 67.5 Å². The number of aliphatic carboxylic acids is 1. The largest absolute Gasteiger partial charge is 0.496 e. The van der Waals surface area contributed by atoms with Gasteiger partial charge in [0.05, 0.1) is 18.2 Å². The van der Waals surface area contributed by atoms with E-state index >= 15 is 0 Å². The molecule has 0 spiro atoms. The molecule has 1 heterocycles. The Labute approximate surface area is 231 Å². The smallest absolute Gasteiger partial charge is 0.335 e. The van der Waals surface area contributed by atoms with Gasteiger partial charge in [-0.1, -0.05) is 36.9 Å². The van der Waals surface area contributed by atoms with E-state index in [0.29, 0.717) is 33.9 Å². The minimum atomic E-state index is -1.10. The van der Waals surface area contributed by atoms with Crippen molar-refractivity contribution in [3.63, 3.8) is 0 Å². The summed E-state index contributed by atoms with van der Waals surface area (Å²) in [7, 11) is 1.46. The molecule has 0 radical (unpaired) electrons. The first-order valence-electron chi connectivity index (χ1n) is 12.3. The van der Waals surface area contributed by atoms with Gasteiger partial charge < -0.3 is 24.1 Å². The second-order valence-electron chi connectivity index (χ2n) is 9.50. The second-order valence-corrected chi connectivity index (χ2v) is 9.50. The van der Waals surface area contributed by atoms with E-state index in [-0.39, 0.29) is 28.4 Å². The van der Waals surface area contributed by atoms with E-state index in [0.717, 1.165) is 0 Å². The first-order valence-corrected chi connectivity index (χ1v) is 12.3. The molecule has 8 heteroatoms. The Morgan fingerprint density at radius 2 is 1.65 bits per heavy atom. The van der Waals surface area contributed by atoms with Crippen molar-refractivity contribution in [2.24, 2.45) is 0 Å². The summed E-state index contributed by atoms with van der Waals surface area (Å²) in [5, 5.41) is 9.13. The van der Waals surface area contributed by atoms with Gasteiger partial charge in [0.2, 0.25) is 0 Å². The zero-order chi connectivity index (χ0) is 29.0. The van der Waals surface area contributed by atoms with Crippen LogP contribution in [-0.2, 0) is 9.59 Å². The molecule has 3 aromatic carbocycles. The number of hydrogen-bond donors (Lipinski definition) is 1. The average molecular weight is 541 g/mol. The topological polar surface area (TPSA) is 108 Å². The Morgan fingerprint density at radius 3 is 2.25 bits per heavy atom. The molecular weight excluding hydrogens is 512 g/mol. The highest BCUT2D eigenvalue weighted by atomic mass is 16.5. The van der Waals surface area contributed by atoms with Crippen LogP contribution in [0.3, 0.4) is 0 Å². The van der Waals surface area contributed by atoms with Crippen LogP contribution in [0.15, 0.2) is 73.3 Å². The lowest BCUT2D eigenvalue weighted by Gasteiger charge is -2.30. The normalized spacial score (nSPS) is 13.2. The van der Waals surface area contributed by atoms with Crippen LogP contribution in [0.4, 0.5) is 0 Å². The Hall–Kier alpha value is -5.11. The van der Waals surface area contributed by atoms with Gasteiger partial charge in [-0.15, -0.1) is 0 Å². The van der Waals surface area contributed by atoms with E-state index < -0.39 is 17.5 Å². The molecule has 1 aliphatic rings. The van der Waals surface area contributed by atoms with Crippen molar-refractivity contribution in [3.05, 3.63) is 95.6 Å². The molecule has 0 bridgehead atoms. The number of carbonyl (C=O) groups is 3. The predicted octanol–water partition coefficient (Wildman–Crippen LogP) is 6.59. The average Bonchev–Trinajstić information content (AvgIpc) is 2.91. The highest BCUT2D eigenvalue weighted by molar-refractivity contribution is 6.14. The molecule has 0 fully saturated rings. The summed E-state index contributed by atoms with van der Waals surface area (Å²) < 4.78 is 23.1. The number of fused-ring (bicyclic) bond motifs is 1. The summed E-state index contributed by atoms with van der Waals surface area (Å²) in [5.41, 5.74) is 1.30.